The number of hydrogen-bond donors (Lipinski definition) is 2. The first kappa shape index (κ1) is 19.6. The molecule has 1 aliphatic carbocycles. The van der Waals surface area contributed by atoms with Crippen molar-refractivity contribution in [3.05, 3.63) is 33.9 Å². The molecule has 1 fully saturated rings. The summed E-state index contributed by atoms with van der Waals surface area (Å²) in [4.78, 5) is 35.7. The second-order valence-electron chi connectivity index (χ2n) is 6.12. The predicted molar refractivity (Wildman–Crippen MR) is 93.4 cm³/mol. The van der Waals surface area contributed by atoms with Gasteiger partial charge in [-0.25, -0.2) is 0 Å². The maximum absolute atomic E-state index is 12.5. The number of nitro benzene ring substituents is 1. The third kappa shape index (κ3) is 4.69. The van der Waals surface area contributed by atoms with Crippen molar-refractivity contribution >= 4 is 17.6 Å². The molecule has 0 atom stereocenters. The van der Waals surface area contributed by atoms with E-state index >= 15 is 0 Å². The summed E-state index contributed by atoms with van der Waals surface area (Å²) in [6.07, 6.45) is 1.23. The summed E-state index contributed by atoms with van der Waals surface area (Å²) in [5.41, 5.74) is -0.315. The fraction of sp³-hybridized carbons (Fsp3) is 0.529. The van der Waals surface area contributed by atoms with Gasteiger partial charge >= 0.3 is 5.97 Å². The van der Waals surface area contributed by atoms with Crippen LogP contribution in [0.2, 0.25) is 0 Å². The number of rotatable bonds is 9. The Hall–Kier alpha value is -2.68. The molecule has 142 valence electrons. The maximum Gasteiger partial charge on any atom is 0.317 e. The lowest BCUT2D eigenvalue weighted by Gasteiger charge is -2.42. The average molecular weight is 365 g/mol. The lowest BCUT2D eigenvalue weighted by molar-refractivity contribution is -0.385. The quantitative estimate of drug-likeness (QED) is 0.504. The summed E-state index contributed by atoms with van der Waals surface area (Å²) in [5.74, 6) is -1.01. The number of benzene rings is 1. The van der Waals surface area contributed by atoms with Gasteiger partial charge in [0.05, 0.1) is 18.1 Å². The predicted octanol–water partition coefficient (Wildman–Crippen LogP) is 1.66. The lowest BCUT2D eigenvalue weighted by atomic mass is 9.85. The van der Waals surface area contributed by atoms with E-state index in [1.54, 1.807) is 6.92 Å². The van der Waals surface area contributed by atoms with Crippen LogP contribution in [0.4, 0.5) is 5.69 Å². The number of carbonyl (C=O) groups excluding carboxylic acids is 1. The van der Waals surface area contributed by atoms with E-state index in [2.05, 4.69) is 5.32 Å². The van der Waals surface area contributed by atoms with Crippen molar-refractivity contribution in [2.75, 3.05) is 19.7 Å². The van der Waals surface area contributed by atoms with Crippen molar-refractivity contribution in [3.63, 3.8) is 0 Å². The van der Waals surface area contributed by atoms with Crippen LogP contribution in [0.3, 0.4) is 0 Å². The molecule has 1 aromatic carbocycles. The molecule has 0 unspecified atom stereocenters. The van der Waals surface area contributed by atoms with E-state index in [9.17, 15) is 19.7 Å². The van der Waals surface area contributed by atoms with Gasteiger partial charge < -0.3 is 15.2 Å². The molecule has 1 aromatic rings. The van der Waals surface area contributed by atoms with E-state index in [1.807, 2.05) is 11.8 Å². The van der Waals surface area contributed by atoms with E-state index < -0.39 is 16.8 Å². The second-order valence-corrected chi connectivity index (χ2v) is 6.12. The highest BCUT2D eigenvalue weighted by Crippen LogP contribution is 2.28. The average Bonchev–Trinajstić information content (AvgIpc) is 2.55. The zero-order valence-electron chi connectivity index (χ0n) is 14.8. The zero-order valence-corrected chi connectivity index (χ0v) is 14.8. The van der Waals surface area contributed by atoms with E-state index in [0.717, 1.165) is 0 Å². The number of carboxylic acid groups (broad SMARTS) is 1. The molecule has 0 bridgehead atoms. The highest BCUT2D eigenvalue weighted by Gasteiger charge is 2.35. The van der Waals surface area contributed by atoms with Gasteiger partial charge in [0.1, 0.15) is 11.3 Å². The molecule has 2 N–H and O–H groups in total. The Balaban J connectivity index is 2.01. The number of nitrogens with zero attached hydrogens (tertiary/aromatic N) is 2. The van der Waals surface area contributed by atoms with Crippen LogP contribution in [0.1, 0.15) is 37.0 Å². The molecule has 9 heteroatoms. The summed E-state index contributed by atoms with van der Waals surface area (Å²) in [6, 6.07) is 4.05. The summed E-state index contributed by atoms with van der Waals surface area (Å²) in [7, 11) is 0. The highest BCUT2D eigenvalue weighted by molar-refractivity contribution is 5.98. The van der Waals surface area contributed by atoms with E-state index in [0.29, 0.717) is 31.7 Å². The fourth-order valence-corrected chi connectivity index (χ4v) is 3.05. The Kier molecular flexibility index (Phi) is 6.51. The van der Waals surface area contributed by atoms with Crippen LogP contribution in [0.15, 0.2) is 18.2 Å². The molecule has 0 radical (unpaired) electrons. The van der Waals surface area contributed by atoms with E-state index in [1.165, 1.54) is 18.2 Å². The normalized spacial score (nSPS) is 18.9. The highest BCUT2D eigenvalue weighted by atomic mass is 16.6. The number of aliphatic carboxylic acids is 1. The lowest BCUT2D eigenvalue weighted by Crippen LogP contribution is -2.54. The summed E-state index contributed by atoms with van der Waals surface area (Å²) in [5, 5.41) is 22.9. The van der Waals surface area contributed by atoms with Crippen LogP contribution in [-0.2, 0) is 4.79 Å². The summed E-state index contributed by atoms with van der Waals surface area (Å²) in [6.45, 7) is 4.63. The van der Waals surface area contributed by atoms with Gasteiger partial charge in [0.25, 0.3) is 11.6 Å². The van der Waals surface area contributed by atoms with Gasteiger partial charge in [0, 0.05) is 18.2 Å². The minimum atomic E-state index is -0.886. The fourth-order valence-electron chi connectivity index (χ4n) is 3.05. The van der Waals surface area contributed by atoms with Gasteiger partial charge in [-0.15, -0.1) is 0 Å². The smallest absolute Gasteiger partial charge is 0.317 e. The number of ether oxygens (including phenoxy) is 1. The Morgan fingerprint density at radius 1 is 1.38 bits per heavy atom. The molecule has 9 nitrogen and oxygen atoms in total. The topological polar surface area (TPSA) is 122 Å². The van der Waals surface area contributed by atoms with Crippen LogP contribution >= 0.6 is 0 Å². The first-order valence-electron chi connectivity index (χ1n) is 8.53. The number of nitro groups is 1. The van der Waals surface area contributed by atoms with Crippen LogP contribution < -0.4 is 10.1 Å². The molecule has 0 aromatic heterocycles. The van der Waals surface area contributed by atoms with Gasteiger partial charge in [-0.2, -0.15) is 0 Å². The van der Waals surface area contributed by atoms with E-state index in [-0.39, 0.29) is 29.9 Å². The van der Waals surface area contributed by atoms with Crippen molar-refractivity contribution < 1.29 is 24.4 Å². The van der Waals surface area contributed by atoms with Crippen molar-refractivity contribution in [2.24, 2.45) is 0 Å². The molecule has 0 saturated heterocycles. The number of amides is 1. The van der Waals surface area contributed by atoms with Crippen molar-refractivity contribution in [3.8, 4) is 5.75 Å². The molecule has 2 rings (SSSR count). The standard InChI is InChI=1S/C17H23N3O6/c1-3-19(10-16(21)22)12-7-11(8-12)18-17(23)14-9-13(26-4-2)5-6-15(14)20(24)25/h5-6,9,11-12H,3-4,7-8,10H2,1-2H3,(H,18,23)(H,21,22). The molecular weight excluding hydrogens is 342 g/mol. The largest absolute Gasteiger partial charge is 0.494 e. The number of carboxylic acids is 1. The van der Waals surface area contributed by atoms with Crippen molar-refractivity contribution in [2.45, 2.75) is 38.8 Å². The molecular formula is C17H23N3O6. The van der Waals surface area contributed by atoms with Crippen LogP contribution in [0, 0.1) is 10.1 Å². The Labute approximate surface area is 151 Å². The third-order valence-electron chi connectivity index (χ3n) is 4.43. The minimum Gasteiger partial charge on any atom is -0.494 e. The molecule has 1 saturated carbocycles. The van der Waals surface area contributed by atoms with Gasteiger partial charge in [0.15, 0.2) is 0 Å². The number of hydrogen-bond acceptors (Lipinski definition) is 6. The Morgan fingerprint density at radius 2 is 2.08 bits per heavy atom. The van der Waals surface area contributed by atoms with Crippen molar-refractivity contribution in [1.82, 2.24) is 10.2 Å². The van der Waals surface area contributed by atoms with Gasteiger partial charge in [-0.05, 0) is 38.4 Å². The molecule has 1 amide bonds. The summed E-state index contributed by atoms with van der Waals surface area (Å²) < 4.78 is 5.31. The molecule has 0 aliphatic heterocycles. The third-order valence-corrected chi connectivity index (χ3v) is 4.43. The van der Waals surface area contributed by atoms with Crippen LogP contribution in [-0.4, -0.2) is 58.6 Å². The minimum absolute atomic E-state index is 0.0380. The zero-order chi connectivity index (χ0) is 19.3. The van der Waals surface area contributed by atoms with Crippen LogP contribution in [0.5, 0.6) is 5.75 Å². The number of likely N-dealkylation sites (N-methyl/N-ethyl adjacent to an activating group) is 1. The van der Waals surface area contributed by atoms with Gasteiger partial charge in [0.2, 0.25) is 0 Å². The van der Waals surface area contributed by atoms with Crippen LogP contribution in [0.25, 0.3) is 0 Å². The molecule has 26 heavy (non-hydrogen) atoms. The first-order valence-corrected chi connectivity index (χ1v) is 8.53. The SMILES string of the molecule is CCOc1ccc([N+](=O)[O-])c(C(=O)NC2CC(N(CC)CC(=O)O)C2)c1. The molecule has 0 heterocycles. The maximum atomic E-state index is 12.5. The van der Waals surface area contributed by atoms with Gasteiger partial charge in [-0.1, -0.05) is 6.92 Å². The van der Waals surface area contributed by atoms with Crippen molar-refractivity contribution in [1.29, 1.82) is 0 Å². The number of nitrogens with one attached hydrogen (secondary N) is 1. The summed E-state index contributed by atoms with van der Waals surface area (Å²) >= 11 is 0. The number of carbonyl (C=O) groups is 2. The Morgan fingerprint density at radius 3 is 2.62 bits per heavy atom. The van der Waals surface area contributed by atoms with E-state index in [4.69, 9.17) is 9.84 Å². The Bertz CT molecular complexity index is 687. The first-order chi connectivity index (χ1) is 12.3. The van der Waals surface area contributed by atoms with Gasteiger partial charge in [-0.3, -0.25) is 24.6 Å². The molecule has 1 aliphatic rings. The molecule has 0 spiro atoms. The second kappa shape index (κ2) is 8.61. The monoisotopic (exact) mass is 365 g/mol.